The first-order valence-electron chi connectivity index (χ1n) is 10.5. The van der Waals surface area contributed by atoms with Gasteiger partial charge in [-0.3, -0.25) is 4.79 Å². The summed E-state index contributed by atoms with van der Waals surface area (Å²) in [6, 6.07) is 9.86. The number of halogens is 3. The van der Waals surface area contributed by atoms with E-state index < -0.39 is 17.0 Å². The van der Waals surface area contributed by atoms with Gasteiger partial charge >= 0.3 is 0 Å². The van der Waals surface area contributed by atoms with Crippen molar-refractivity contribution in [1.82, 2.24) is 9.88 Å². The Morgan fingerprint density at radius 1 is 1.03 bits per heavy atom. The van der Waals surface area contributed by atoms with Crippen molar-refractivity contribution in [3.05, 3.63) is 58.6 Å². The molecule has 0 radical (unpaired) electrons. The van der Waals surface area contributed by atoms with Crippen molar-refractivity contribution < 1.29 is 13.6 Å². The van der Waals surface area contributed by atoms with Crippen molar-refractivity contribution in [2.45, 2.75) is 31.1 Å². The van der Waals surface area contributed by atoms with E-state index in [4.69, 9.17) is 11.6 Å². The van der Waals surface area contributed by atoms with Gasteiger partial charge in [-0.05, 0) is 36.6 Å². The van der Waals surface area contributed by atoms with Gasteiger partial charge in [0.25, 0.3) is 0 Å². The summed E-state index contributed by atoms with van der Waals surface area (Å²) in [5.74, 6) is -1.05. The minimum Gasteiger partial charge on any atom is -0.345 e. The van der Waals surface area contributed by atoms with Crippen LogP contribution in [0.3, 0.4) is 0 Å². The monoisotopic (exact) mass is 461 g/mol. The highest BCUT2D eigenvalue weighted by Gasteiger charge is 2.45. The van der Waals surface area contributed by atoms with Crippen LogP contribution < -0.4 is 4.90 Å². The van der Waals surface area contributed by atoms with E-state index in [1.54, 1.807) is 0 Å². The summed E-state index contributed by atoms with van der Waals surface area (Å²) in [6.45, 7) is 2.40. The molecule has 0 N–H and O–H groups in total. The molecule has 1 saturated carbocycles. The number of carbonyl (C=O) groups excluding carboxylic acids is 1. The number of thiazole rings is 1. The van der Waals surface area contributed by atoms with E-state index in [-0.39, 0.29) is 11.4 Å². The molecule has 2 heterocycles. The van der Waals surface area contributed by atoms with Crippen LogP contribution in [0.15, 0.2) is 36.4 Å². The average molecular weight is 462 g/mol. The third-order valence-corrected chi connectivity index (χ3v) is 7.82. The van der Waals surface area contributed by atoms with Crippen molar-refractivity contribution in [2.24, 2.45) is 0 Å². The summed E-state index contributed by atoms with van der Waals surface area (Å²) in [6.07, 6.45) is 3.80. The molecule has 162 valence electrons. The molecule has 2 aromatic carbocycles. The zero-order valence-electron chi connectivity index (χ0n) is 16.9. The molecular formula is C23H22ClF2N3OS. The van der Waals surface area contributed by atoms with Crippen LogP contribution in [0.4, 0.5) is 13.9 Å². The summed E-state index contributed by atoms with van der Waals surface area (Å²) >= 11 is 7.35. The lowest BCUT2D eigenvalue weighted by atomic mass is 9.77. The molecule has 1 aromatic heterocycles. The lowest BCUT2D eigenvalue weighted by molar-refractivity contribution is -0.137. The second-order valence-electron chi connectivity index (χ2n) is 8.31. The highest BCUT2D eigenvalue weighted by atomic mass is 35.5. The Labute approximate surface area is 188 Å². The van der Waals surface area contributed by atoms with E-state index in [9.17, 15) is 13.6 Å². The van der Waals surface area contributed by atoms with Crippen LogP contribution in [0.2, 0.25) is 5.02 Å². The maximum atomic E-state index is 14.0. The van der Waals surface area contributed by atoms with Crippen LogP contribution in [0.1, 0.15) is 31.2 Å². The predicted molar refractivity (Wildman–Crippen MR) is 120 cm³/mol. The normalized spacial score (nSPS) is 18.7. The number of hydrogen-bond acceptors (Lipinski definition) is 4. The van der Waals surface area contributed by atoms with E-state index >= 15 is 0 Å². The summed E-state index contributed by atoms with van der Waals surface area (Å²) in [7, 11) is 0. The van der Waals surface area contributed by atoms with Crippen molar-refractivity contribution in [3.8, 4) is 0 Å². The molecule has 3 aromatic rings. The molecule has 1 aliphatic heterocycles. The van der Waals surface area contributed by atoms with E-state index in [1.165, 1.54) is 17.4 Å². The second kappa shape index (κ2) is 8.02. The standard InChI is InChI=1S/C23H22ClF2N3OS/c24-16-5-3-15(4-6-16)23(7-1-2-8-23)21(30)28-9-11-29(12-10-28)22-27-20-18(26)13-17(25)14-19(20)31-22/h3-6,13-14H,1-2,7-12H2. The van der Waals surface area contributed by atoms with Crippen molar-refractivity contribution in [3.63, 3.8) is 0 Å². The molecule has 2 aliphatic rings. The third-order valence-electron chi connectivity index (χ3n) is 6.50. The molecule has 0 unspecified atom stereocenters. The molecule has 1 saturated heterocycles. The summed E-state index contributed by atoms with van der Waals surface area (Å²) in [5, 5.41) is 1.34. The number of carbonyl (C=O) groups is 1. The van der Waals surface area contributed by atoms with Gasteiger partial charge in [-0.1, -0.05) is 47.9 Å². The van der Waals surface area contributed by atoms with Crippen LogP contribution in [0, 0.1) is 11.6 Å². The first-order valence-corrected chi connectivity index (χ1v) is 11.7. The van der Waals surface area contributed by atoms with Crippen molar-refractivity contribution >= 4 is 44.2 Å². The molecular weight excluding hydrogens is 440 g/mol. The first-order chi connectivity index (χ1) is 15.0. The fourth-order valence-corrected chi connectivity index (χ4v) is 6.04. The number of aromatic nitrogens is 1. The predicted octanol–water partition coefficient (Wildman–Crippen LogP) is 5.39. The second-order valence-corrected chi connectivity index (χ2v) is 9.75. The molecule has 0 atom stereocenters. The third kappa shape index (κ3) is 3.68. The van der Waals surface area contributed by atoms with Crippen molar-refractivity contribution in [2.75, 3.05) is 31.1 Å². The highest BCUT2D eigenvalue weighted by Crippen LogP contribution is 2.43. The number of hydrogen-bond donors (Lipinski definition) is 0. The van der Waals surface area contributed by atoms with Crippen LogP contribution in [0.25, 0.3) is 10.2 Å². The largest absolute Gasteiger partial charge is 0.345 e. The van der Waals surface area contributed by atoms with Crippen LogP contribution in [-0.4, -0.2) is 42.0 Å². The van der Waals surface area contributed by atoms with Crippen LogP contribution in [0.5, 0.6) is 0 Å². The van der Waals surface area contributed by atoms with Gasteiger partial charge in [-0.15, -0.1) is 0 Å². The van der Waals surface area contributed by atoms with E-state index in [0.29, 0.717) is 41.0 Å². The summed E-state index contributed by atoms with van der Waals surface area (Å²) < 4.78 is 28.0. The van der Waals surface area contributed by atoms with E-state index in [0.717, 1.165) is 37.3 Å². The Morgan fingerprint density at radius 2 is 1.71 bits per heavy atom. The molecule has 8 heteroatoms. The molecule has 0 bridgehead atoms. The van der Waals surface area contributed by atoms with Gasteiger partial charge in [-0.25, -0.2) is 13.8 Å². The Morgan fingerprint density at radius 3 is 2.39 bits per heavy atom. The fourth-order valence-electron chi connectivity index (χ4n) is 4.86. The van der Waals surface area contributed by atoms with Gasteiger partial charge in [0.15, 0.2) is 10.9 Å². The maximum Gasteiger partial charge on any atom is 0.233 e. The zero-order chi connectivity index (χ0) is 21.6. The lowest BCUT2D eigenvalue weighted by Crippen LogP contribution is -2.54. The zero-order valence-corrected chi connectivity index (χ0v) is 18.5. The number of piperazine rings is 1. The number of amides is 1. The minimum absolute atomic E-state index is 0.185. The Bertz CT molecular complexity index is 1120. The number of nitrogens with zero attached hydrogens (tertiary/aromatic N) is 3. The molecule has 31 heavy (non-hydrogen) atoms. The van der Waals surface area contributed by atoms with Crippen LogP contribution in [-0.2, 0) is 10.2 Å². The van der Waals surface area contributed by atoms with Crippen LogP contribution >= 0.6 is 22.9 Å². The molecule has 4 nitrogen and oxygen atoms in total. The van der Waals surface area contributed by atoms with Crippen molar-refractivity contribution in [1.29, 1.82) is 0 Å². The smallest absolute Gasteiger partial charge is 0.233 e. The van der Waals surface area contributed by atoms with Gasteiger partial charge in [0, 0.05) is 37.3 Å². The quantitative estimate of drug-likeness (QED) is 0.524. The molecule has 1 aliphatic carbocycles. The SMILES string of the molecule is O=C(N1CCN(c2nc3c(F)cc(F)cc3s2)CC1)C1(c2ccc(Cl)cc2)CCCC1. The average Bonchev–Trinajstić information content (AvgIpc) is 3.42. The van der Waals surface area contributed by atoms with Gasteiger partial charge in [0.05, 0.1) is 10.1 Å². The molecule has 0 spiro atoms. The van der Waals surface area contributed by atoms with E-state index in [1.807, 2.05) is 29.2 Å². The highest BCUT2D eigenvalue weighted by molar-refractivity contribution is 7.22. The topological polar surface area (TPSA) is 36.4 Å². The molecule has 5 rings (SSSR count). The number of anilines is 1. The fraction of sp³-hybridized carbons (Fsp3) is 0.391. The molecule has 1 amide bonds. The Hall–Kier alpha value is -2.25. The number of fused-ring (bicyclic) bond motifs is 1. The first kappa shape index (κ1) is 20.6. The van der Waals surface area contributed by atoms with Gasteiger partial charge in [0.1, 0.15) is 11.3 Å². The van der Waals surface area contributed by atoms with Gasteiger partial charge in [-0.2, -0.15) is 0 Å². The minimum atomic E-state index is -0.641. The maximum absolute atomic E-state index is 14.0. The Kier molecular flexibility index (Phi) is 5.34. The molecule has 2 fully saturated rings. The summed E-state index contributed by atoms with van der Waals surface area (Å²) in [4.78, 5) is 22.0. The van der Waals surface area contributed by atoms with Gasteiger partial charge < -0.3 is 9.80 Å². The Balaban J connectivity index is 1.33. The number of rotatable bonds is 3. The van der Waals surface area contributed by atoms with E-state index in [2.05, 4.69) is 9.88 Å². The number of benzene rings is 2. The summed E-state index contributed by atoms with van der Waals surface area (Å²) in [5.41, 5.74) is 0.779. The van der Waals surface area contributed by atoms with Gasteiger partial charge in [0.2, 0.25) is 5.91 Å². The lowest BCUT2D eigenvalue weighted by Gasteiger charge is -2.40.